The molecule has 10 rings (SSSR count). The van der Waals surface area contributed by atoms with Crippen LogP contribution in [-0.4, -0.2) is 40.6 Å². The summed E-state index contributed by atoms with van der Waals surface area (Å²) in [6.07, 6.45) is -0.104. The van der Waals surface area contributed by atoms with Gasteiger partial charge in [0.15, 0.2) is 11.5 Å². The van der Waals surface area contributed by atoms with Crippen LogP contribution in [-0.2, 0) is 45.7 Å². The first-order valence-electron chi connectivity index (χ1n) is 19.0. The van der Waals surface area contributed by atoms with Gasteiger partial charge in [0.1, 0.15) is 11.4 Å². The van der Waals surface area contributed by atoms with Crippen LogP contribution >= 0.6 is 0 Å². The van der Waals surface area contributed by atoms with Crippen LogP contribution in [0.2, 0.25) is 0 Å². The van der Waals surface area contributed by atoms with Crippen molar-refractivity contribution in [2.24, 2.45) is 0 Å². The summed E-state index contributed by atoms with van der Waals surface area (Å²) in [6.45, 7) is 3.60. The summed E-state index contributed by atoms with van der Waals surface area (Å²) in [7, 11) is -9.21. The highest BCUT2D eigenvalue weighted by atomic mass is 32.2. The summed E-state index contributed by atoms with van der Waals surface area (Å²) in [5.41, 5.74) is 1.80. The van der Waals surface area contributed by atoms with E-state index >= 15 is 9.59 Å². The molecule has 60 heavy (non-hydrogen) atoms. The number of hydrogen-bond donors (Lipinski definition) is 0. The van der Waals surface area contributed by atoms with Gasteiger partial charge in [-0.05, 0) is 110 Å². The Labute approximate surface area is 345 Å². The van der Waals surface area contributed by atoms with Gasteiger partial charge in [-0.15, -0.1) is 0 Å². The molecule has 0 saturated carbocycles. The molecule has 2 aliphatic heterocycles. The highest BCUT2D eigenvalue weighted by Crippen LogP contribution is 2.41. The molecule has 0 radical (unpaired) electrons. The molecule has 0 unspecified atom stereocenters. The van der Waals surface area contributed by atoms with E-state index in [0.29, 0.717) is 19.7 Å². The number of para-hydroxylation sites is 4. The molecule has 4 aliphatic rings. The minimum absolute atomic E-state index is 0.00652. The van der Waals surface area contributed by atoms with E-state index < -0.39 is 43.8 Å². The first kappa shape index (κ1) is 38.6. The van der Waals surface area contributed by atoms with Gasteiger partial charge in [-0.3, -0.25) is 9.59 Å². The summed E-state index contributed by atoms with van der Waals surface area (Å²) in [5.74, 6) is -4.01. The van der Waals surface area contributed by atoms with Gasteiger partial charge in [0.05, 0.1) is 32.0 Å². The van der Waals surface area contributed by atoms with E-state index in [-0.39, 0.29) is 91.7 Å². The van der Waals surface area contributed by atoms with Crippen molar-refractivity contribution in [2.45, 2.75) is 49.3 Å². The molecule has 0 N–H and O–H groups in total. The van der Waals surface area contributed by atoms with Gasteiger partial charge < -0.3 is 9.47 Å². The molecule has 0 saturated heterocycles. The smallest absolute Gasteiger partial charge is 0.344 e. The van der Waals surface area contributed by atoms with E-state index in [1.165, 1.54) is 60.7 Å². The summed E-state index contributed by atoms with van der Waals surface area (Å²) in [4.78, 5) is 58.4. The Kier molecular flexibility index (Phi) is 9.28. The fourth-order valence-corrected chi connectivity index (χ4v) is 10.8. The van der Waals surface area contributed by atoms with Crippen LogP contribution < -0.4 is 18.1 Å². The molecular weight excluding hydrogens is 805 g/mol. The van der Waals surface area contributed by atoms with Crippen molar-refractivity contribution in [1.82, 2.24) is 0 Å². The molecule has 2 heterocycles. The van der Waals surface area contributed by atoms with Crippen molar-refractivity contribution in [3.63, 3.8) is 0 Å². The summed E-state index contributed by atoms with van der Waals surface area (Å²) >= 11 is 0. The molecule has 0 fully saturated rings. The number of fused-ring (bicyclic) bond motifs is 6. The molecular formula is C46H34N2O10S2. The summed E-state index contributed by atoms with van der Waals surface area (Å²) in [6, 6.07) is 30.4. The van der Waals surface area contributed by atoms with Crippen LogP contribution in [0, 0.1) is 13.8 Å². The Morgan fingerprint density at radius 2 is 0.733 bits per heavy atom. The van der Waals surface area contributed by atoms with Gasteiger partial charge in [0.25, 0.3) is 31.9 Å². The zero-order chi connectivity index (χ0) is 42.1. The first-order valence-corrected chi connectivity index (χ1v) is 21.9. The number of amides is 2. The summed E-state index contributed by atoms with van der Waals surface area (Å²) in [5, 5.41) is 0. The van der Waals surface area contributed by atoms with Crippen molar-refractivity contribution in [2.75, 3.05) is 8.61 Å². The maximum atomic E-state index is 15.1. The van der Waals surface area contributed by atoms with Crippen LogP contribution in [0.15, 0.2) is 131 Å². The van der Waals surface area contributed by atoms with E-state index in [1.54, 1.807) is 74.5 Å². The molecule has 0 atom stereocenters. The van der Waals surface area contributed by atoms with Crippen LogP contribution in [0.25, 0.3) is 0 Å². The Bertz CT molecular complexity index is 2860. The molecule has 300 valence electrons. The Balaban J connectivity index is 1.22. The molecule has 0 aromatic heterocycles. The summed E-state index contributed by atoms with van der Waals surface area (Å²) < 4.78 is 71.3. The number of aryl methyl sites for hydroxylation is 6. The Morgan fingerprint density at radius 3 is 1.08 bits per heavy atom. The number of hydrogen-bond acceptors (Lipinski definition) is 10. The number of nitrogens with zero attached hydrogens (tertiary/aromatic N) is 2. The maximum absolute atomic E-state index is 15.1. The van der Waals surface area contributed by atoms with E-state index in [4.69, 9.17) is 9.47 Å². The van der Waals surface area contributed by atoms with Gasteiger partial charge in [-0.25, -0.2) is 26.4 Å². The predicted molar refractivity (Wildman–Crippen MR) is 221 cm³/mol. The van der Waals surface area contributed by atoms with Gasteiger partial charge in [0.2, 0.25) is 0 Å². The monoisotopic (exact) mass is 838 g/mol. The number of esters is 2. The highest BCUT2D eigenvalue weighted by molar-refractivity contribution is 7.94. The number of carbonyl (C=O) groups is 4. The van der Waals surface area contributed by atoms with E-state index in [2.05, 4.69) is 0 Å². The standard InChI is InChI=1S/C46H34N2O10S2/c1-27-11-23-33(24-12-27)59(53,54)47-35-7-3-5-9-37(35)57-45(51)41-31-19-17-29(39(41)43(47)49)15-16-30-18-20-32(22-21-31)42-40(30)44(50)48(36-8-4-6-10-38(36)58-46(42)52)60(55,56)34-25-13-28(2)14-26-34/h3-14,17-20,23-26H,15-16,21-22H2,1-2H3. The van der Waals surface area contributed by atoms with Crippen molar-refractivity contribution >= 4 is 55.2 Å². The molecule has 4 bridgehead atoms. The van der Waals surface area contributed by atoms with Crippen LogP contribution in [0.1, 0.15) is 74.8 Å². The highest BCUT2D eigenvalue weighted by Gasteiger charge is 2.43. The molecule has 12 nitrogen and oxygen atoms in total. The third kappa shape index (κ3) is 6.26. The number of anilines is 2. The largest absolute Gasteiger partial charge is 0.421 e. The predicted octanol–water partition coefficient (Wildman–Crippen LogP) is 7.32. The zero-order valence-corrected chi connectivity index (χ0v) is 33.8. The van der Waals surface area contributed by atoms with Crippen LogP contribution in [0.3, 0.4) is 0 Å². The fraction of sp³-hybridized carbons (Fsp3) is 0.130. The number of benzene rings is 6. The maximum Gasteiger partial charge on any atom is 0.344 e. The lowest BCUT2D eigenvalue weighted by Crippen LogP contribution is -2.41. The van der Waals surface area contributed by atoms with Crippen molar-refractivity contribution < 1.29 is 45.5 Å². The third-order valence-electron chi connectivity index (χ3n) is 11.0. The number of rotatable bonds is 4. The second-order valence-corrected chi connectivity index (χ2v) is 18.3. The third-order valence-corrected chi connectivity index (χ3v) is 14.4. The normalized spacial score (nSPS) is 15.2. The second kappa shape index (κ2) is 14.4. The molecule has 2 aliphatic carbocycles. The van der Waals surface area contributed by atoms with Crippen molar-refractivity contribution in [1.29, 1.82) is 0 Å². The quantitative estimate of drug-likeness (QED) is 0.130. The lowest BCUT2D eigenvalue weighted by Gasteiger charge is -2.30. The van der Waals surface area contributed by atoms with Gasteiger partial charge in [-0.2, -0.15) is 8.61 Å². The van der Waals surface area contributed by atoms with E-state index in [9.17, 15) is 26.4 Å². The van der Waals surface area contributed by atoms with Crippen molar-refractivity contribution in [3.8, 4) is 11.5 Å². The van der Waals surface area contributed by atoms with Crippen molar-refractivity contribution in [3.05, 3.63) is 177 Å². The second-order valence-electron chi connectivity index (χ2n) is 14.8. The van der Waals surface area contributed by atoms with Gasteiger partial charge in [0, 0.05) is 0 Å². The molecule has 6 aromatic carbocycles. The Hall–Kier alpha value is -6.90. The molecule has 14 heteroatoms. The zero-order valence-electron chi connectivity index (χ0n) is 32.2. The van der Waals surface area contributed by atoms with Crippen LogP contribution in [0.4, 0.5) is 11.4 Å². The minimum Gasteiger partial charge on any atom is -0.421 e. The van der Waals surface area contributed by atoms with E-state index in [1.807, 2.05) is 0 Å². The number of sulfonamides is 2. The van der Waals surface area contributed by atoms with Crippen LogP contribution in [0.5, 0.6) is 11.5 Å². The lowest BCUT2D eigenvalue weighted by atomic mass is 9.84. The van der Waals surface area contributed by atoms with E-state index in [0.717, 1.165) is 11.1 Å². The average molecular weight is 839 g/mol. The molecule has 6 aromatic rings. The molecule has 0 spiro atoms. The average Bonchev–Trinajstić information content (AvgIpc) is 3.21. The number of ether oxygens (including phenoxy) is 2. The first-order chi connectivity index (χ1) is 28.8. The minimum atomic E-state index is -4.61. The lowest BCUT2D eigenvalue weighted by molar-refractivity contribution is 0.0717. The topological polar surface area (TPSA) is 162 Å². The van der Waals surface area contributed by atoms with Gasteiger partial charge in [-0.1, -0.05) is 83.9 Å². The fourth-order valence-electron chi connectivity index (χ4n) is 7.96. The molecule has 2 amide bonds. The number of carbonyl (C=O) groups excluding carboxylic acids is 4. The Morgan fingerprint density at radius 1 is 0.417 bits per heavy atom. The van der Waals surface area contributed by atoms with Gasteiger partial charge >= 0.3 is 11.9 Å². The SMILES string of the molecule is Cc1ccc(S(=O)(=O)N2C(=O)c3c4ccc(c3C(=O)Oc3ccccc32)CCc2ccc(c3c2C(=O)Oc2ccccc2N(S(=O)(=O)c2ccc(C)cc2)C3=O)CC4)cc1.